The Hall–Kier alpha value is -3.32. The molecule has 15 heteroatoms. The van der Waals surface area contributed by atoms with Gasteiger partial charge in [0.25, 0.3) is 5.91 Å². The Kier molecular flexibility index (Phi) is 7.34. The summed E-state index contributed by atoms with van der Waals surface area (Å²) in [7, 11) is -5.76. The van der Waals surface area contributed by atoms with Crippen molar-refractivity contribution in [2.45, 2.75) is 61.8 Å². The topological polar surface area (TPSA) is 140 Å². The summed E-state index contributed by atoms with van der Waals surface area (Å²) in [6, 6.07) is 4.13. The van der Waals surface area contributed by atoms with Gasteiger partial charge in [-0.05, 0) is 73.6 Å². The van der Waals surface area contributed by atoms with E-state index < -0.39 is 36.8 Å². The van der Waals surface area contributed by atoms with Crippen LogP contribution in [0.4, 0.5) is 13.2 Å². The summed E-state index contributed by atoms with van der Waals surface area (Å²) in [5.74, 6) is -0.925. The molecule has 3 saturated heterocycles. The van der Waals surface area contributed by atoms with Crippen LogP contribution < -0.4 is 5.32 Å². The molecule has 7 rings (SSSR count). The third kappa shape index (κ3) is 5.35. The van der Waals surface area contributed by atoms with Gasteiger partial charge >= 0.3 is 13.3 Å². The maximum Gasteiger partial charge on any atom is 0.399 e. The van der Waals surface area contributed by atoms with E-state index in [-0.39, 0.29) is 45.8 Å². The van der Waals surface area contributed by atoms with E-state index in [0.29, 0.717) is 48.5 Å². The first kappa shape index (κ1) is 30.3. The molecule has 3 aliphatic heterocycles. The Morgan fingerprint density at radius 3 is 2.56 bits per heavy atom. The summed E-state index contributed by atoms with van der Waals surface area (Å²) in [6.45, 7) is 0.673. The van der Waals surface area contributed by atoms with E-state index in [0.717, 1.165) is 36.3 Å². The molecule has 4 fully saturated rings. The van der Waals surface area contributed by atoms with E-state index in [1.807, 2.05) is 0 Å². The van der Waals surface area contributed by atoms with Gasteiger partial charge in [0, 0.05) is 53.3 Å². The van der Waals surface area contributed by atoms with Gasteiger partial charge in [-0.1, -0.05) is 6.07 Å². The highest BCUT2D eigenvalue weighted by Gasteiger charge is 2.53. The highest BCUT2D eigenvalue weighted by molar-refractivity contribution is 7.52. The van der Waals surface area contributed by atoms with Crippen molar-refractivity contribution in [3.63, 3.8) is 0 Å². The van der Waals surface area contributed by atoms with E-state index in [9.17, 15) is 32.1 Å². The first-order valence-electron chi connectivity index (χ1n) is 14.8. The lowest BCUT2D eigenvalue weighted by atomic mass is 9.91. The summed E-state index contributed by atoms with van der Waals surface area (Å²) in [6.07, 6.45) is 6.21. The van der Waals surface area contributed by atoms with Crippen LogP contribution in [0.25, 0.3) is 10.1 Å². The lowest BCUT2D eigenvalue weighted by molar-refractivity contribution is -0.149. The number of aromatic nitrogens is 1. The Balaban J connectivity index is 1.08. The number of nitrogens with zero attached hydrogens (tertiary/aromatic N) is 3. The predicted octanol–water partition coefficient (Wildman–Crippen LogP) is 4.18. The third-order valence-electron chi connectivity index (χ3n) is 9.71. The maximum absolute atomic E-state index is 14.3. The molecule has 238 valence electrons. The minimum absolute atomic E-state index is 0.118. The summed E-state index contributed by atoms with van der Waals surface area (Å²) in [4.78, 5) is 66.7. The number of amides is 3. The molecule has 3 aromatic rings. The Morgan fingerprint density at radius 2 is 1.82 bits per heavy atom. The lowest BCUT2D eigenvalue weighted by Gasteiger charge is -2.43. The number of hydrogen-bond acceptors (Lipinski definition) is 6. The van der Waals surface area contributed by atoms with Crippen molar-refractivity contribution < 1.29 is 41.9 Å². The van der Waals surface area contributed by atoms with Gasteiger partial charge in [0.05, 0.1) is 4.88 Å². The van der Waals surface area contributed by atoms with E-state index in [1.165, 1.54) is 30.6 Å². The molecule has 1 aromatic carbocycles. The number of halogens is 3. The predicted molar refractivity (Wildman–Crippen MR) is 157 cm³/mol. The number of benzene rings is 1. The molecule has 0 bridgehead atoms. The van der Waals surface area contributed by atoms with Crippen LogP contribution in [0.15, 0.2) is 42.7 Å². The fourth-order valence-corrected chi connectivity index (χ4v) is 8.55. The zero-order valence-electron chi connectivity index (χ0n) is 23.8. The highest BCUT2D eigenvalue weighted by Crippen LogP contribution is 2.59. The van der Waals surface area contributed by atoms with Crippen molar-refractivity contribution in [1.82, 2.24) is 20.1 Å². The molecule has 0 radical (unpaired) electrons. The summed E-state index contributed by atoms with van der Waals surface area (Å²) in [5, 5.41) is 3.05. The number of carbonyl (C=O) groups excluding carboxylic acids is 3. The van der Waals surface area contributed by atoms with Crippen LogP contribution in [0.5, 0.6) is 0 Å². The Labute approximate surface area is 259 Å². The van der Waals surface area contributed by atoms with Gasteiger partial charge in [-0.25, -0.2) is 4.39 Å². The van der Waals surface area contributed by atoms with Crippen LogP contribution in [-0.4, -0.2) is 73.5 Å². The highest BCUT2D eigenvalue weighted by atomic mass is 32.1. The molecule has 2 aromatic heterocycles. The van der Waals surface area contributed by atoms with Gasteiger partial charge in [0.1, 0.15) is 17.9 Å². The normalized spacial score (nSPS) is 27.0. The fraction of sp³-hybridized carbons (Fsp3) is 0.467. The molecule has 0 spiro atoms. The number of rotatable bonds is 6. The van der Waals surface area contributed by atoms with Crippen molar-refractivity contribution in [3.05, 3.63) is 64.5 Å². The Morgan fingerprint density at radius 1 is 1.07 bits per heavy atom. The summed E-state index contributed by atoms with van der Waals surface area (Å²) >= 11 is 1.01. The smallest absolute Gasteiger partial charge is 0.340 e. The molecule has 3 N–H and O–H groups in total. The molecule has 5 atom stereocenters. The zero-order valence-corrected chi connectivity index (χ0v) is 25.5. The van der Waals surface area contributed by atoms with E-state index >= 15 is 0 Å². The monoisotopic (exact) mass is 662 g/mol. The van der Waals surface area contributed by atoms with Crippen LogP contribution >= 0.6 is 18.9 Å². The molecule has 1 saturated carbocycles. The number of fused-ring (bicyclic) bond motifs is 3. The number of likely N-dealkylation sites (tertiary alicyclic amines) is 1. The SMILES string of the molecule is O=C(N[C@H]1C[C@@H]2C[C@@H]2C[C@H]2CC[C@@H](C(=O)N3CC(c4cnccc4F)C3)N2C1=O)c1cc2cc(C(F)(F)P(=O)(O)O)ccc2s1. The van der Waals surface area contributed by atoms with E-state index in [1.54, 1.807) is 9.80 Å². The molecule has 5 heterocycles. The standard InChI is InChI=1S/C30H30F3N4O6PS/c31-22-5-6-34-12-21(22)18-13-36(14-18)29(40)24-3-2-20-9-15-7-16(15)10-23(28(39)37(20)24)35-27(38)26-11-17-8-19(1-4-25(17)45-26)30(32,33)44(41,42)43/h1,4-6,8,11-12,15-16,18,20,23-24H,2-3,7,9-10,13-14H2,(H,35,38)(H2,41,42,43)/t15-,16+,20-,23+,24+/m1/s1. The van der Waals surface area contributed by atoms with Crippen LogP contribution in [0.3, 0.4) is 0 Å². The van der Waals surface area contributed by atoms with Gasteiger partial charge in [-0.15, -0.1) is 11.3 Å². The number of hydrogen-bond donors (Lipinski definition) is 3. The Bertz CT molecular complexity index is 1760. The maximum atomic E-state index is 14.3. The van der Waals surface area contributed by atoms with Gasteiger partial charge in [0.15, 0.2) is 0 Å². The van der Waals surface area contributed by atoms with Crippen LogP contribution in [-0.2, 0) is 19.8 Å². The quantitative estimate of drug-likeness (QED) is 0.337. The van der Waals surface area contributed by atoms with Crippen LogP contribution in [0.1, 0.15) is 58.8 Å². The van der Waals surface area contributed by atoms with Crippen molar-refractivity contribution in [2.75, 3.05) is 13.1 Å². The van der Waals surface area contributed by atoms with E-state index in [4.69, 9.17) is 9.79 Å². The van der Waals surface area contributed by atoms with Gasteiger partial charge in [-0.2, -0.15) is 8.78 Å². The second-order valence-electron chi connectivity index (χ2n) is 12.5. The number of pyridine rings is 1. The zero-order chi connectivity index (χ0) is 31.8. The van der Waals surface area contributed by atoms with Gasteiger partial charge in [0.2, 0.25) is 11.8 Å². The molecule has 3 amide bonds. The molecule has 45 heavy (non-hydrogen) atoms. The van der Waals surface area contributed by atoms with Crippen molar-refractivity contribution in [3.8, 4) is 0 Å². The average molecular weight is 663 g/mol. The molecular weight excluding hydrogens is 632 g/mol. The molecule has 1 aliphatic carbocycles. The molecule has 0 unspecified atom stereocenters. The van der Waals surface area contributed by atoms with Crippen LogP contribution in [0.2, 0.25) is 0 Å². The summed E-state index contributed by atoms with van der Waals surface area (Å²) in [5.41, 5.74) is -4.79. The minimum Gasteiger partial charge on any atom is -0.340 e. The average Bonchev–Trinajstić information content (AvgIpc) is 3.34. The van der Waals surface area contributed by atoms with Gasteiger partial charge in [-0.3, -0.25) is 23.9 Å². The first-order valence-corrected chi connectivity index (χ1v) is 17.2. The second kappa shape index (κ2) is 10.9. The third-order valence-corrected chi connectivity index (χ3v) is 11.8. The fourth-order valence-electron chi connectivity index (χ4n) is 7.13. The number of alkyl halides is 2. The molecular formula is C30H30F3N4O6PS. The largest absolute Gasteiger partial charge is 0.399 e. The summed E-state index contributed by atoms with van der Waals surface area (Å²) < 4.78 is 54.6. The van der Waals surface area contributed by atoms with Crippen molar-refractivity contribution >= 4 is 46.7 Å². The minimum atomic E-state index is -5.76. The van der Waals surface area contributed by atoms with Crippen LogP contribution in [0, 0.1) is 17.7 Å². The number of thiophene rings is 1. The van der Waals surface area contributed by atoms with Crippen molar-refractivity contribution in [1.29, 1.82) is 0 Å². The number of carbonyl (C=O) groups is 3. The second-order valence-corrected chi connectivity index (χ2v) is 15.3. The lowest BCUT2D eigenvalue weighted by Crippen LogP contribution is -2.59. The number of nitrogens with one attached hydrogen (secondary N) is 1. The first-order chi connectivity index (χ1) is 21.3. The van der Waals surface area contributed by atoms with Gasteiger partial charge < -0.3 is 24.9 Å². The molecule has 4 aliphatic rings. The molecule has 10 nitrogen and oxygen atoms in total. The van der Waals surface area contributed by atoms with Crippen molar-refractivity contribution in [2.24, 2.45) is 11.8 Å². The van der Waals surface area contributed by atoms with E-state index in [2.05, 4.69) is 10.3 Å².